The van der Waals surface area contributed by atoms with Crippen molar-refractivity contribution in [3.8, 4) is 0 Å². The van der Waals surface area contributed by atoms with E-state index in [1.807, 2.05) is 6.07 Å². The largest absolute Gasteiger partial charge is 0.327 e. The molecule has 96 valence electrons. The molecule has 2 heterocycles. The molecule has 2 atom stereocenters. The first-order valence-electron chi connectivity index (χ1n) is 6.60. The van der Waals surface area contributed by atoms with Crippen LogP contribution >= 0.6 is 0 Å². The van der Waals surface area contributed by atoms with E-state index in [1.165, 1.54) is 6.07 Å². The van der Waals surface area contributed by atoms with E-state index >= 15 is 0 Å². The van der Waals surface area contributed by atoms with Gasteiger partial charge in [-0.05, 0) is 37.9 Å². The Labute approximate surface area is 106 Å². The first-order chi connectivity index (χ1) is 8.72. The molecule has 0 bridgehead atoms. The number of halogens is 1. The number of aryl methyl sites for hydroxylation is 1. The lowest BCUT2D eigenvalue weighted by molar-refractivity contribution is 0.462. The number of benzene rings is 1. The van der Waals surface area contributed by atoms with Crippen LogP contribution in [0.25, 0.3) is 11.0 Å². The molecule has 0 amide bonds. The molecule has 18 heavy (non-hydrogen) atoms. The zero-order chi connectivity index (χ0) is 12.7. The highest BCUT2D eigenvalue weighted by atomic mass is 19.1. The second kappa shape index (κ2) is 4.35. The number of rotatable bonds is 2. The van der Waals surface area contributed by atoms with Crippen molar-refractivity contribution < 1.29 is 4.39 Å². The van der Waals surface area contributed by atoms with Crippen molar-refractivity contribution in [1.29, 1.82) is 0 Å². The SMILES string of the molecule is CCn1c(C2NCCC2C)nc2c(F)cccc21. The van der Waals surface area contributed by atoms with Gasteiger partial charge in [-0.2, -0.15) is 0 Å². The number of aromatic nitrogens is 2. The molecule has 1 aliphatic rings. The maximum atomic E-state index is 13.8. The van der Waals surface area contributed by atoms with Crippen LogP contribution in [-0.4, -0.2) is 16.1 Å². The van der Waals surface area contributed by atoms with Gasteiger partial charge in [0.15, 0.2) is 5.82 Å². The minimum Gasteiger partial charge on any atom is -0.327 e. The van der Waals surface area contributed by atoms with Crippen LogP contribution in [0.1, 0.15) is 32.1 Å². The molecule has 3 rings (SSSR count). The molecule has 0 radical (unpaired) electrons. The molecule has 0 saturated carbocycles. The van der Waals surface area contributed by atoms with Gasteiger partial charge in [0.05, 0.1) is 11.6 Å². The van der Waals surface area contributed by atoms with E-state index in [9.17, 15) is 4.39 Å². The number of imidazole rings is 1. The van der Waals surface area contributed by atoms with E-state index in [1.54, 1.807) is 6.07 Å². The molecule has 2 unspecified atom stereocenters. The predicted molar refractivity (Wildman–Crippen MR) is 69.9 cm³/mol. The zero-order valence-corrected chi connectivity index (χ0v) is 10.8. The van der Waals surface area contributed by atoms with E-state index in [2.05, 4.69) is 28.7 Å². The van der Waals surface area contributed by atoms with Crippen LogP contribution in [0.4, 0.5) is 4.39 Å². The van der Waals surface area contributed by atoms with Crippen LogP contribution in [0, 0.1) is 11.7 Å². The van der Waals surface area contributed by atoms with Crippen LogP contribution in [0.5, 0.6) is 0 Å². The van der Waals surface area contributed by atoms with Gasteiger partial charge in [0.25, 0.3) is 0 Å². The first-order valence-corrected chi connectivity index (χ1v) is 6.60. The first kappa shape index (κ1) is 11.7. The summed E-state index contributed by atoms with van der Waals surface area (Å²) in [6, 6.07) is 5.42. The molecular formula is C14H18FN3. The van der Waals surface area contributed by atoms with Gasteiger partial charge >= 0.3 is 0 Å². The van der Waals surface area contributed by atoms with Gasteiger partial charge in [-0.3, -0.25) is 0 Å². The summed E-state index contributed by atoms with van der Waals surface area (Å²) in [5.41, 5.74) is 1.39. The fourth-order valence-corrected chi connectivity index (χ4v) is 2.88. The molecular weight excluding hydrogens is 229 g/mol. The van der Waals surface area contributed by atoms with Gasteiger partial charge in [-0.15, -0.1) is 0 Å². The fourth-order valence-electron chi connectivity index (χ4n) is 2.88. The van der Waals surface area contributed by atoms with Crippen LogP contribution in [0.3, 0.4) is 0 Å². The number of fused-ring (bicyclic) bond motifs is 1. The number of para-hydroxylation sites is 1. The number of hydrogen-bond donors (Lipinski definition) is 1. The third-order valence-corrected chi connectivity index (χ3v) is 3.89. The average molecular weight is 247 g/mol. The molecule has 1 aromatic heterocycles. The standard InChI is InChI=1S/C14H18FN3/c1-3-18-11-6-4-5-10(15)13(11)17-14(18)12-9(2)7-8-16-12/h4-6,9,12,16H,3,7-8H2,1-2H3. The number of hydrogen-bond acceptors (Lipinski definition) is 2. The minimum absolute atomic E-state index is 0.230. The molecule has 2 aromatic rings. The average Bonchev–Trinajstić information content (AvgIpc) is 2.92. The molecule has 0 aliphatic carbocycles. The number of nitrogens with one attached hydrogen (secondary N) is 1. The maximum absolute atomic E-state index is 13.8. The molecule has 1 aromatic carbocycles. The summed E-state index contributed by atoms with van der Waals surface area (Å²) in [5.74, 6) is 1.30. The summed E-state index contributed by atoms with van der Waals surface area (Å²) in [5, 5.41) is 3.47. The lowest BCUT2D eigenvalue weighted by Crippen LogP contribution is -2.21. The second-order valence-corrected chi connectivity index (χ2v) is 5.02. The number of nitrogens with zero attached hydrogens (tertiary/aromatic N) is 2. The van der Waals surface area contributed by atoms with Gasteiger partial charge in [0.2, 0.25) is 0 Å². The van der Waals surface area contributed by atoms with Gasteiger partial charge in [0, 0.05) is 6.54 Å². The lowest BCUT2D eigenvalue weighted by atomic mass is 10.0. The Hall–Kier alpha value is -1.42. The quantitative estimate of drug-likeness (QED) is 0.884. The predicted octanol–water partition coefficient (Wildman–Crippen LogP) is 2.87. The molecule has 4 heteroatoms. The zero-order valence-electron chi connectivity index (χ0n) is 10.8. The topological polar surface area (TPSA) is 29.9 Å². The summed E-state index contributed by atoms with van der Waals surface area (Å²) in [6.45, 7) is 6.14. The van der Waals surface area contributed by atoms with E-state index < -0.39 is 0 Å². The van der Waals surface area contributed by atoms with Gasteiger partial charge in [-0.1, -0.05) is 13.0 Å². The van der Waals surface area contributed by atoms with Crippen molar-refractivity contribution in [3.63, 3.8) is 0 Å². The van der Waals surface area contributed by atoms with Crippen molar-refractivity contribution in [2.45, 2.75) is 32.9 Å². The summed E-state index contributed by atoms with van der Waals surface area (Å²) >= 11 is 0. The van der Waals surface area contributed by atoms with E-state index in [0.717, 1.165) is 30.9 Å². The Morgan fingerprint density at radius 3 is 3.00 bits per heavy atom. The molecule has 1 N–H and O–H groups in total. The van der Waals surface area contributed by atoms with Crippen LogP contribution in [0.15, 0.2) is 18.2 Å². The minimum atomic E-state index is -0.230. The molecule has 1 saturated heterocycles. The second-order valence-electron chi connectivity index (χ2n) is 5.02. The Morgan fingerprint density at radius 1 is 1.50 bits per heavy atom. The summed E-state index contributed by atoms with van der Waals surface area (Å²) in [6.07, 6.45) is 1.15. The Morgan fingerprint density at radius 2 is 2.33 bits per heavy atom. The highest BCUT2D eigenvalue weighted by Gasteiger charge is 2.29. The third kappa shape index (κ3) is 1.63. The van der Waals surface area contributed by atoms with Crippen molar-refractivity contribution in [2.24, 2.45) is 5.92 Å². The summed E-state index contributed by atoms with van der Waals surface area (Å²) in [7, 11) is 0. The van der Waals surface area contributed by atoms with Crippen molar-refractivity contribution >= 4 is 11.0 Å². The highest BCUT2D eigenvalue weighted by molar-refractivity contribution is 5.76. The summed E-state index contributed by atoms with van der Waals surface area (Å²) in [4.78, 5) is 4.54. The highest BCUT2D eigenvalue weighted by Crippen LogP contribution is 2.31. The van der Waals surface area contributed by atoms with E-state index in [0.29, 0.717) is 11.4 Å². The Balaban J connectivity index is 2.19. The van der Waals surface area contributed by atoms with Crippen molar-refractivity contribution in [2.75, 3.05) is 6.54 Å². The third-order valence-electron chi connectivity index (χ3n) is 3.89. The van der Waals surface area contributed by atoms with Crippen molar-refractivity contribution in [1.82, 2.24) is 14.9 Å². The molecule has 1 aliphatic heterocycles. The normalized spacial score (nSPS) is 23.9. The van der Waals surface area contributed by atoms with E-state index in [4.69, 9.17) is 0 Å². The van der Waals surface area contributed by atoms with Crippen molar-refractivity contribution in [3.05, 3.63) is 29.8 Å². The lowest BCUT2D eigenvalue weighted by Gasteiger charge is -2.16. The molecule has 1 fully saturated rings. The Bertz CT molecular complexity index is 576. The van der Waals surface area contributed by atoms with Crippen LogP contribution < -0.4 is 5.32 Å². The summed E-state index contributed by atoms with van der Waals surface area (Å²) < 4.78 is 15.9. The smallest absolute Gasteiger partial charge is 0.151 e. The van der Waals surface area contributed by atoms with Gasteiger partial charge < -0.3 is 9.88 Å². The van der Waals surface area contributed by atoms with Gasteiger partial charge in [0.1, 0.15) is 11.3 Å². The maximum Gasteiger partial charge on any atom is 0.151 e. The monoisotopic (exact) mass is 247 g/mol. The van der Waals surface area contributed by atoms with Crippen LogP contribution in [0.2, 0.25) is 0 Å². The van der Waals surface area contributed by atoms with E-state index in [-0.39, 0.29) is 11.9 Å². The van der Waals surface area contributed by atoms with Gasteiger partial charge in [-0.25, -0.2) is 9.37 Å². The molecule has 0 spiro atoms. The van der Waals surface area contributed by atoms with Crippen LogP contribution in [-0.2, 0) is 6.54 Å². The Kier molecular flexibility index (Phi) is 2.82. The fraction of sp³-hybridized carbons (Fsp3) is 0.500. The molecule has 3 nitrogen and oxygen atoms in total.